The van der Waals surface area contributed by atoms with E-state index in [-0.39, 0.29) is 13.2 Å². The molecule has 0 aromatic carbocycles. The summed E-state index contributed by atoms with van der Waals surface area (Å²) in [5.41, 5.74) is 0. The van der Waals surface area contributed by atoms with Crippen molar-refractivity contribution in [2.24, 2.45) is 0 Å². The molecule has 0 bridgehead atoms. The number of unbranched alkanes of at least 4 members (excludes halogenated alkanes) is 6. The van der Waals surface area contributed by atoms with Crippen LogP contribution < -0.4 is 0 Å². The molecule has 0 spiro atoms. The molecule has 0 aliphatic carbocycles. The maximum atomic E-state index is 9.87. The summed E-state index contributed by atoms with van der Waals surface area (Å²) >= 11 is 0. The Balaban J connectivity index is 2.29. The molecule has 0 aromatic heterocycles. The fourth-order valence-electron chi connectivity index (χ4n) is 3.10. The molecule has 20 heavy (non-hydrogen) atoms. The van der Waals surface area contributed by atoms with Crippen LogP contribution in [0.15, 0.2) is 0 Å². The summed E-state index contributed by atoms with van der Waals surface area (Å²) in [5, 5.41) is 38.4. The predicted molar refractivity (Wildman–Crippen MR) is 78.5 cm³/mol. The zero-order valence-electron chi connectivity index (χ0n) is 12.6. The van der Waals surface area contributed by atoms with Gasteiger partial charge in [-0.2, -0.15) is 0 Å². The highest BCUT2D eigenvalue weighted by molar-refractivity contribution is 5.00. The molecule has 1 heterocycles. The highest BCUT2D eigenvalue weighted by atomic mass is 16.3. The summed E-state index contributed by atoms with van der Waals surface area (Å²) < 4.78 is 0. The number of rotatable bonds is 10. The van der Waals surface area contributed by atoms with Crippen LogP contribution in [0, 0.1) is 0 Å². The second-order valence-corrected chi connectivity index (χ2v) is 5.84. The molecule has 0 aromatic rings. The van der Waals surface area contributed by atoms with Gasteiger partial charge in [-0.25, -0.2) is 0 Å². The van der Waals surface area contributed by atoms with Crippen molar-refractivity contribution in [3.05, 3.63) is 0 Å². The Kier molecular flexibility index (Phi) is 8.64. The maximum absolute atomic E-state index is 9.87. The van der Waals surface area contributed by atoms with Crippen LogP contribution >= 0.6 is 0 Å². The molecule has 1 saturated heterocycles. The molecule has 5 heteroatoms. The summed E-state index contributed by atoms with van der Waals surface area (Å²) in [6, 6.07) is -0.913. The summed E-state index contributed by atoms with van der Waals surface area (Å²) in [4.78, 5) is 1.86. The van der Waals surface area contributed by atoms with E-state index in [2.05, 4.69) is 6.92 Å². The minimum absolute atomic E-state index is 0.189. The molecule has 0 amide bonds. The average molecular weight is 289 g/mol. The first-order chi connectivity index (χ1) is 9.67. The molecule has 5 nitrogen and oxygen atoms in total. The third-order valence-electron chi connectivity index (χ3n) is 4.38. The number of aliphatic hydroxyl groups excluding tert-OH is 4. The van der Waals surface area contributed by atoms with E-state index in [1.54, 1.807) is 0 Å². The van der Waals surface area contributed by atoms with Crippen molar-refractivity contribution in [3.8, 4) is 0 Å². The van der Waals surface area contributed by atoms with Gasteiger partial charge in [0, 0.05) is 0 Å². The van der Waals surface area contributed by atoms with Gasteiger partial charge in [-0.15, -0.1) is 0 Å². The monoisotopic (exact) mass is 289 g/mol. The fourth-order valence-corrected chi connectivity index (χ4v) is 3.10. The molecule has 4 N–H and O–H groups in total. The van der Waals surface area contributed by atoms with Crippen LogP contribution in [-0.4, -0.2) is 69.4 Å². The van der Waals surface area contributed by atoms with Crippen LogP contribution in [0.2, 0.25) is 0 Å². The van der Waals surface area contributed by atoms with Crippen molar-refractivity contribution in [1.82, 2.24) is 4.90 Å². The van der Waals surface area contributed by atoms with Gasteiger partial charge in [0.2, 0.25) is 0 Å². The molecular formula is C15H31NO4. The van der Waals surface area contributed by atoms with E-state index in [0.29, 0.717) is 6.54 Å². The molecule has 0 unspecified atom stereocenters. The van der Waals surface area contributed by atoms with Crippen molar-refractivity contribution < 1.29 is 20.4 Å². The first-order valence-electron chi connectivity index (χ1n) is 8.01. The van der Waals surface area contributed by atoms with Gasteiger partial charge in [-0.3, -0.25) is 4.90 Å². The average Bonchev–Trinajstić information content (AvgIpc) is 2.69. The zero-order chi connectivity index (χ0) is 15.0. The molecule has 4 atom stereocenters. The number of aliphatic hydroxyl groups is 4. The van der Waals surface area contributed by atoms with Gasteiger partial charge in [0.25, 0.3) is 0 Å². The minimum Gasteiger partial charge on any atom is -0.395 e. The largest absolute Gasteiger partial charge is 0.395 e. The standard InChI is InChI=1S/C15H31NO4/c1-2-3-4-5-6-7-8-9-16-12(10-17)14(19)15(20)13(16)11-18/h12-15,17-20H,2-11H2,1H3/t12-,13-,14-,15-/m1/s1. The number of nitrogens with zero attached hydrogens (tertiary/aromatic N) is 1. The van der Waals surface area contributed by atoms with Gasteiger partial charge in [0.1, 0.15) is 0 Å². The molecular weight excluding hydrogens is 258 g/mol. The van der Waals surface area contributed by atoms with Gasteiger partial charge in [0.15, 0.2) is 0 Å². The highest BCUT2D eigenvalue weighted by Crippen LogP contribution is 2.25. The van der Waals surface area contributed by atoms with Gasteiger partial charge in [0.05, 0.1) is 37.5 Å². The van der Waals surface area contributed by atoms with E-state index < -0.39 is 24.3 Å². The molecule has 0 radical (unpaired) electrons. The number of hydrogen-bond acceptors (Lipinski definition) is 5. The highest BCUT2D eigenvalue weighted by Gasteiger charge is 2.46. The van der Waals surface area contributed by atoms with Crippen LogP contribution in [0.25, 0.3) is 0 Å². The Hall–Kier alpha value is -0.200. The van der Waals surface area contributed by atoms with E-state index in [9.17, 15) is 20.4 Å². The molecule has 0 saturated carbocycles. The van der Waals surface area contributed by atoms with Crippen molar-refractivity contribution in [3.63, 3.8) is 0 Å². The van der Waals surface area contributed by atoms with Gasteiger partial charge in [-0.1, -0.05) is 45.4 Å². The Morgan fingerprint density at radius 1 is 0.750 bits per heavy atom. The van der Waals surface area contributed by atoms with E-state index in [0.717, 1.165) is 12.8 Å². The van der Waals surface area contributed by atoms with Crippen LogP contribution in [0.1, 0.15) is 51.9 Å². The lowest BCUT2D eigenvalue weighted by Crippen LogP contribution is -2.43. The number of hydrogen-bond donors (Lipinski definition) is 4. The van der Waals surface area contributed by atoms with E-state index in [1.807, 2.05) is 4.90 Å². The third kappa shape index (κ3) is 4.67. The van der Waals surface area contributed by atoms with Crippen molar-refractivity contribution in [2.75, 3.05) is 19.8 Å². The summed E-state index contributed by atoms with van der Waals surface area (Å²) in [6.45, 7) is 2.53. The van der Waals surface area contributed by atoms with E-state index in [1.165, 1.54) is 32.1 Å². The first-order valence-corrected chi connectivity index (χ1v) is 8.01. The number of likely N-dealkylation sites (tertiary alicyclic amines) is 1. The maximum Gasteiger partial charge on any atom is 0.0992 e. The molecule has 120 valence electrons. The van der Waals surface area contributed by atoms with Crippen LogP contribution in [0.5, 0.6) is 0 Å². The third-order valence-corrected chi connectivity index (χ3v) is 4.38. The second kappa shape index (κ2) is 9.68. The zero-order valence-corrected chi connectivity index (χ0v) is 12.6. The van der Waals surface area contributed by atoms with Gasteiger partial charge in [-0.05, 0) is 13.0 Å². The fraction of sp³-hybridized carbons (Fsp3) is 1.00. The Bertz CT molecular complexity index is 236. The van der Waals surface area contributed by atoms with Gasteiger partial charge < -0.3 is 20.4 Å². The lowest BCUT2D eigenvalue weighted by Gasteiger charge is -2.28. The molecule has 1 aliphatic heterocycles. The van der Waals surface area contributed by atoms with Crippen molar-refractivity contribution in [1.29, 1.82) is 0 Å². The van der Waals surface area contributed by atoms with Crippen molar-refractivity contribution >= 4 is 0 Å². The quantitative estimate of drug-likeness (QED) is 0.440. The molecule has 1 aliphatic rings. The molecule has 1 rings (SSSR count). The van der Waals surface area contributed by atoms with Crippen LogP contribution in [0.4, 0.5) is 0 Å². The summed E-state index contributed by atoms with van der Waals surface area (Å²) in [7, 11) is 0. The van der Waals surface area contributed by atoms with Gasteiger partial charge >= 0.3 is 0 Å². The summed E-state index contributed by atoms with van der Waals surface area (Å²) in [6.07, 6.45) is 6.43. The Labute approximate surface area is 122 Å². The lowest BCUT2D eigenvalue weighted by molar-refractivity contribution is 0.0130. The minimum atomic E-state index is -0.971. The SMILES string of the molecule is CCCCCCCCCN1[C@H](CO)[C@@H](O)[C@H](O)[C@H]1CO. The molecule has 1 fully saturated rings. The Morgan fingerprint density at radius 3 is 1.65 bits per heavy atom. The van der Waals surface area contributed by atoms with Crippen molar-refractivity contribution in [2.45, 2.75) is 76.2 Å². The van der Waals surface area contributed by atoms with E-state index >= 15 is 0 Å². The van der Waals surface area contributed by atoms with Crippen LogP contribution in [-0.2, 0) is 0 Å². The smallest absolute Gasteiger partial charge is 0.0992 e. The predicted octanol–water partition coefficient (Wildman–Crippen LogP) is 0.496. The topological polar surface area (TPSA) is 84.2 Å². The lowest BCUT2D eigenvalue weighted by atomic mass is 10.1. The first kappa shape index (κ1) is 17.9. The normalized spacial score (nSPS) is 31.1. The Morgan fingerprint density at radius 2 is 1.20 bits per heavy atom. The second-order valence-electron chi connectivity index (χ2n) is 5.84. The van der Waals surface area contributed by atoms with Crippen LogP contribution in [0.3, 0.4) is 0 Å². The van der Waals surface area contributed by atoms with E-state index in [4.69, 9.17) is 0 Å². The summed E-state index contributed by atoms with van der Waals surface area (Å²) in [5.74, 6) is 0.